The third kappa shape index (κ3) is 4.22. The number of carboxylic acid groups (broad SMARTS) is 1. The molecule has 0 spiro atoms. The second kappa shape index (κ2) is 8.44. The van der Waals surface area contributed by atoms with Crippen LogP contribution < -0.4 is 10.9 Å². The van der Waals surface area contributed by atoms with Gasteiger partial charge >= 0.3 is 5.97 Å². The van der Waals surface area contributed by atoms with E-state index in [4.69, 9.17) is 5.11 Å². The Hall–Kier alpha value is -3.55. The molecule has 30 heavy (non-hydrogen) atoms. The summed E-state index contributed by atoms with van der Waals surface area (Å²) in [6, 6.07) is 11.9. The van der Waals surface area contributed by atoms with Gasteiger partial charge in [-0.25, -0.2) is 14.4 Å². The van der Waals surface area contributed by atoms with Gasteiger partial charge in [-0.05, 0) is 43.9 Å². The number of rotatable bonds is 5. The maximum atomic E-state index is 14.5. The second-order valence-electron chi connectivity index (χ2n) is 7.38. The summed E-state index contributed by atoms with van der Waals surface area (Å²) in [5.74, 6) is -1.33. The molecular weight excluding hydrogens is 387 g/mol. The lowest BCUT2D eigenvalue weighted by molar-refractivity contribution is -0.142. The van der Waals surface area contributed by atoms with Gasteiger partial charge in [0.25, 0.3) is 5.56 Å². The standard InChI is InChI=1S/C22H21FN4O3/c23-18-13-24-22(25-16-9-7-14(8-10-16)21(29)30)26-20(18)15-4-3-5-17(12-15)27-11-2-1-6-19(27)28/h1-6,11-14,16H,7-10H2,(H,29,30)(H,24,25,26). The summed E-state index contributed by atoms with van der Waals surface area (Å²) in [6.07, 6.45) is 5.34. The van der Waals surface area contributed by atoms with E-state index in [2.05, 4.69) is 15.3 Å². The number of hydrogen-bond acceptors (Lipinski definition) is 5. The third-order valence-electron chi connectivity index (χ3n) is 5.37. The number of carbonyl (C=O) groups is 1. The maximum absolute atomic E-state index is 14.5. The molecule has 1 aliphatic rings. The molecule has 1 fully saturated rings. The molecule has 7 nitrogen and oxygen atoms in total. The molecule has 1 aliphatic carbocycles. The molecule has 0 saturated heterocycles. The number of aromatic nitrogens is 3. The summed E-state index contributed by atoms with van der Waals surface area (Å²) >= 11 is 0. The van der Waals surface area contributed by atoms with Gasteiger partial charge in [-0.1, -0.05) is 18.2 Å². The quantitative estimate of drug-likeness (QED) is 0.671. The van der Waals surface area contributed by atoms with E-state index in [1.165, 1.54) is 10.6 Å². The van der Waals surface area contributed by atoms with Crippen LogP contribution in [0.3, 0.4) is 0 Å². The zero-order valence-corrected chi connectivity index (χ0v) is 16.2. The van der Waals surface area contributed by atoms with E-state index in [9.17, 15) is 14.0 Å². The van der Waals surface area contributed by atoms with Crippen LogP contribution in [0.15, 0.2) is 59.7 Å². The molecule has 0 amide bonds. The molecule has 8 heteroatoms. The van der Waals surface area contributed by atoms with Crippen LogP contribution in [0, 0.1) is 11.7 Å². The summed E-state index contributed by atoms with van der Waals surface area (Å²) in [5, 5.41) is 12.3. The Balaban J connectivity index is 1.57. The largest absolute Gasteiger partial charge is 0.481 e. The van der Waals surface area contributed by atoms with Crippen molar-refractivity contribution in [1.29, 1.82) is 0 Å². The summed E-state index contributed by atoms with van der Waals surface area (Å²) in [4.78, 5) is 31.6. The van der Waals surface area contributed by atoms with Gasteiger partial charge in [0.1, 0.15) is 5.69 Å². The number of nitrogens with zero attached hydrogens (tertiary/aromatic N) is 3. The smallest absolute Gasteiger partial charge is 0.306 e. The zero-order chi connectivity index (χ0) is 21.1. The van der Waals surface area contributed by atoms with E-state index in [1.54, 1.807) is 42.6 Å². The third-order valence-corrected chi connectivity index (χ3v) is 5.37. The number of carboxylic acids is 1. The van der Waals surface area contributed by atoms with Crippen molar-refractivity contribution in [3.05, 3.63) is 71.0 Å². The predicted octanol–water partition coefficient (Wildman–Crippen LogP) is 3.49. The van der Waals surface area contributed by atoms with E-state index in [0.717, 1.165) is 6.20 Å². The predicted molar refractivity (Wildman–Crippen MR) is 110 cm³/mol. The van der Waals surface area contributed by atoms with Crippen LogP contribution >= 0.6 is 0 Å². The van der Waals surface area contributed by atoms with Crippen molar-refractivity contribution in [1.82, 2.24) is 14.5 Å². The molecule has 2 heterocycles. The summed E-state index contributed by atoms with van der Waals surface area (Å²) in [7, 11) is 0. The van der Waals surface area contributed by atoms with Gasteiger partial charge in [0.2, 0.25) is 5.95 Å². The van der Waals surface area contributed by atoms with Crippen LogP contribution in [-0.4, -0.2) is 31.7 Å². The lowest BCUT2D eigenvalue weighted by atomic mass is 9.86. The summed E-state index contributed by atoms with van der Waals surface area (Å²) in [6.45, 7) is 0. The number of halogens is 1. The molecule has 0 atom stereocenters. The minimum atomic E-state index is -0.758. The van der Waals surface area contributed by atoms with Crippen molar-refractivity contribution in [3.8, 4) is 16.9 Å². The van der Waals surface area contributed by atoms with Crippen molar-refractivity contribution >= 4 is 11.9 Å². The highest BCUT2D eigenvalue weighted by Crippen LogP contribution is 2.27. The average molecular weight is 408 g/mol. The molecule has 1 saturated carbocycles. The van der Waals surface area contributed by atoms with Crippen LogP contribution in [0.1, 0.15) is 25.7 Å². The highest BCUT2D eigenvalue weighted by molar-refractivity contribution is 5.70. The first-order valence-electron chi connectivity index (χ1n) is 9.81. The van der Waals surface area contributed by atoms with Crippen LogP contribution in [0.25, 0.3) is 16.9 Å². The van der Waals surface area contributed by atoms with Gasteiger partial charge in [0.05, 0.1) is 12.1 Å². The second-order valence-corrected chi connectivity index (χ2v) is 7.38. The first kappa shape index (κ1) is 19.8. The minimum absolute atomic E-state index is 0.0492. The molecular formula is C22H21FN4O3. The Labute approximate surface area is 172 Å². The van der Waals surface area contributed by atoms with Crippen molar-refractivity contribution in [2.75, 3.05) is 5.32 Å². The topological polar surface area (TPSA) is 97.1 Å². The molecule has 0 unspecified atom stereocenters. The summed E-state index contributed by atoms with van der Waals surface area (Å²) < 4.78 is 16.0. The zero-order valence-electron chi connectivity index (χ0n) is 16.2. The van der Waals surface area contributed by atoms with Crippen LogP contribution in [0.5, 0.6) is 0 Å². The fourth-order valence-corrected chi connectivity index (χ4v) is 3.75. The Morgan fingerprint density at radius 2 is 1.93 bits per heavy atom. The maximum Gasteiger partial charge on any atom is 0.306 e. The first-order valence-corrected chi connectivity index (χ1v) is 9.81. The molecule has 2 aromatic heterocycles. The van der Waals surface area contributed by atoms with Gasteiger partial charge in [-0.3, -0.25) is 14.2 Å². The van der Waals surface area contributed by atoms with E-state index >= 15 is 0 Å². The van der Waals surface area contributed by atoms with Crippen LogP contribution in [0.2, 0.25) is 0 Å². The number of benzene rings is 1. The highest BCUT2D eigenvalue weighted by Gasteiger charge is 2.26. The lowest BCUT2D eigenvalue weighted by Crippen LogP contribution is -2.29. The number of pyridine rings is 1. The van der Waals surface area contributed by atoms with E-state index in [0.29, 0.717) is 42.9 Å². The molecule has 3 aromatic rings. The number of anilines is 1. The van der Waals surface area contributed by atoms with Gasteiger partial charge < -0.3 is 10.4 Å². The van der Waals surface area contributed by atoms with Gasteiger partial charge in [0.15, 0.2) is 5.82 Å². The van der Waals surface area contributed by atoms with Gasteiger partial charge in [-0.15, -0.1) is 0 Å². The Kier molecular flexibility index (Phi) is 5.56. The SMILES string of the molecule is O=C(O)C1CCC(Nc2ncc(F)c(-c3cccc(-n4ccccc4=O)c3)n2)CC1. The Morgan fingerprint density at radius 1 is 1.13 bits per heavy atom. The molecule has 2 N–H and O–H groups in total. The fraction of sp³-hybridized carbons (Fsp3) is 0.273. The number of nitrogens with one attached hydrogen (secondary N) is 1. The summed E-state index contributed by atoms with van der Waals surface area (Å²) in [5.41, 5.74) is 1.09. The lowest BCUT2D eigenvalue weighted by Gasteiger charge is -2.26. The van der Waals surface area contributed by atoms with E-state index in [-0.39, 0.29) is 23.2 Å². The monoisotopic (exact) mass is 408 g/mol. The molecule has 0 bridgehead atoms. The fourth-order valence-electron chi connectivity index (χ4n) is 3.75. The van der Waals surface area contributed by atoms with Gasteiger partial charge in [0, 0.05) is 29.6 Å². The molecule has 4 rings (SSSR count). The number of aliphatic carboxylic acids is 1. The molecule has 0 radical (unpaired) electrons. The van der Waals surface area contributed by atoms with Crippen molar-refractivity contribution < 1.29 is 14.3 Å². The van der Waals surface area contributed by atoms with Gasteiger partial charge in [-0.2, -0.15) is 0 Å². The van der Waals surface area contributed by atoms with Crippen LogP contribution in [-0.2, 0) is 4.79 Å². The van der Waals surface area contributed by atoms with Crippen molar-refractivity contribution in [3.63, 3.8) is 0 Å². The van der Waals surface area contributed by atoms with E-state index < -0.39 is 11.8 Å². The number of hydrogen-bond donors (Lipinski definition) is 2. The highest BCUT2D eigenvalue weighted by atomic mass is 19.1. The Bertz CT molecular complexity index is 1120. The molecule has 1 aromatic carbocycles. The first-order chi connectivity index (χ1) is 14.5. The average Bonchev–Trinajstić information content (AvgIpc) is 2.76. The molecule has 154 valence electrons. The molecule has 0 aliphatic heterocycles. The van der Waals surface area contributed by atoms with E-state index in [1.807, 2.05) is 0 Å². The van der Waals surface area contributed by atoms with Crippen molar-refractivity contribution in [2.24, 2.45) is 5.92 Å². The normalized spacial score (nSPS) is 18.7. The van der Waals surface area contributed by atoms with Crippen molar-refractivity contribution in [2.45, 2.75) is 31.7 Å². The Morgan fingerprint density at radius 3 is 2.67 bits per heavy atom. The van der Waals surface area contributed by atoms with Crippen LogP contribution in [0.4, 0.5) is 10.3 Å². The minimum Gasteiger partial charge on any atom is -0.481 e.